The Hall–Kier alpha value is -3.46. The van der Waals surface area contributed by atoms with E-state index in [0.29, 0.717) is 22.8 Å². The number of methoxy groups -OCH3 is 3. The van der Waals surface area contributed by atoms with E-state index in [0.717, 1.165) is 5.56 Å². The molecule has 6 heteroatoms. The summed E-state index contributed by atoms with van der Waals surface area (Å²) in [4.78, 5) is 12.5. The van der Waals surface area contributed by atoms with E-state index in [9.17, 15) is 10.1 Å². The molecule has 2 aromatic carbocycles. The quantitative estimate of drug-likeness (QED) is 0.599. The summed E-state index contributed by atoms with van der Waals surface area (Å²) in [6.07, 6.45) is 1.47. The van der Waals surface area contributed by atoms with Gasteiger partial charge in [0.25, 0.3) is 5.91 Å². The van der Waals surface area contributed by atoms with Crippen LogP contribution in [0.1, 0.15) is 24.1 Å². The molecule has 1 N–H and O–H groups in total. The molecule has 0 aromatic heterocycles. The minimum atomic E-state index is -0.467. The highest BCUT2D eigenvalue weighted by molar-refractivity contribution is 6.02. The summed E-state index contributed by atoms with van der Waals surface area (Å²) in [6, 6.07) is 14.6. The van der Waals surface area contributed by atoms with Crippen LogP contribution in [0.15, 0.2) is 48.0 Å². The van der Waals surface area contributed by atoms with E-state index in [2.05, 4.69) is 5.32 Å². The number of nitrogens with one attached hydrogen (secondary N) is 1. The van der Waals surface area contributed by atoms with Crippen molar-refractivity contribution in [2.75, 3.05) is 21.3 Å². The average molecular weight is 366 g/mol. The number of rotatable bonds is 7. The molecule has 0 unspecified atom stereocenters. The number of amides is 1. The van der Waals surface area contributed by atoms with Gasteiger partial charge in [0.1, 0.15) is 11.6 Å². The van der Waals surface area contributed by atoms with Gasteiger partial charge in [-0.15, -0.1) is 0 Å². The van der Waals surface area contributed by atoms with Gasteiger partial charge >= 0.3 is 0 Å². The molecular formula is C21H22N2O4. The van der Waals surface area contributed by atoms with Crippen LogP contribution < -0.4 is 19.5 Å². The first-order valence-electron chi connectivity index (χ1n) is 8.32. The van der Waals surface area contributed by atoms with Crippen molar-refractivity contribution in [3.8, 4) is 23.3 Å². The van der Waals surface area contributed by atoms with Gasteiger partial charge in [0.15, 0.2) is 11.5 Å². The molecule has 2 aromatic rings. The molecule has 0 saturated carbocycles. The van der Waals surface area contributed by atoms with Gasteiger partial charge < -0.3 is 19.5 Å². The summed E-state index contributed by atoms with van der Waals surface area (Å²) in [6.45, 7) is 1.86. The first-order chi connectivity index (χ1) is 13.0. The Morgan fingerprint density at radius 2 is 1.70 bits per heavy atom. The highest BCUT2D eigenvalue weighted by Crippen LogP contribution is 2.40. The van der Waals surface area contributed by atoms with Gasteiger partial charge in [-0.05, 0) is 30.7 Å². The molecule has 0 fully saturated rings. The van der Waals surface area contributed by atoms with Crippen LogP contribution in [0.3, 0.4) is 0 Å². The van der Waals surface area contributed by atoms with E-state index in [-0.39, 0.29) is 11.6 Å². The zero-order valence-corrected chi connectivity index (χ0v) is 15.8. The lowest BCUT2D eigenvalue weighted by atomic mass is 10.1. The third kappa shape index (κ3) is 4.59. The van der Waals surface area contributed by atoms with Crippen molar-refractivity contribution >= 4 is 12.0 Å². The van der Waals surface area contributed by atoms with Crippen LogP contribution in [0.2, 0.25) is 0 Å². The third-order valence-electron chi connectivity index (χ3n) is 4.05. The fraction of sp³-hybridized carbons (Fsp3) is 0.238. The number of nitriles is 1. The van der Waals surface area contributed by atoms with Crippen molar-refractivity contribution in [1.82, 2.24) is 5.32 Å². The van der Waals surface area contributed by atoms with E-state index in [1.807, 2.05) is 43.3 Å². The van der Waals surface area contributed by atoms with E-state index < -0.39 is 5.91 Å². The Morgan fingerprint density at radius 3 is 2.26 bits per heavy atom. The van der Waals surface area contributed by atoms with Crippen LogP contribution in [-0.2, 0) is 4.79 Å². The second kappa shape index (κ2) is 9.30. The highest BCUT2D eigenvalue weighted by Gasteiger charge is 2.18. The van der Waals surface area contributed by atoms with Crippen LogP contribution in [0.5, 0.6) is 17.2 Å². The zero-order chi connectivity index (χ0) is 19.8. The largest absolute Gasteiger partial charge is 0.493 e. The molecule has 0 aliphatic carbocycles. The third-order valence-corrected chi connectivity index (χ3v) is 4.05. The van der Waals surface area contributed by atoms with Gasteiger partial charge in [0, 0.05) is 5.56 Å². The number of hydrogen-bond donors (Lipinski definition) is 1. The SMILES string of the molecule is COc1ccc(/C=C(\C#N)C(=O)N[C@@H](C)c2ccccc2)c(OC)c1OC. The average Bonchev–Trinajstić information content (AvgIpc) is 2.71. The van der Waals surface area contributed by atoms with Gasteiger partial charge in [-0.1, -0.05) is 30.3 Å². The van der Waals surface area contributed by atoms with E-state index in [4.69, 9.17) is 14.2 Å². The number of ether oxygens (including phenoxy) is 3. The number of hydrogen-bond acceptors (Lipinski definition) is 5. The maximum Gasteiger partial charge on any atom is 0.262 e. The van der Waals surface area contributed by atoms with Crippen LogP contribution in [-0.4, -0.2) is 27.2 Å². The molecule has 140 valence electrons. The summed E-state index contributed by atoms with van der Waals surface area (Å²) in [5.74, 6) is 0.801. The highest BCUT2D eigenvalue weighted by atomic mass is 16.5. The molecule has 1 amide bonds. The summed E-state index contributed by atoms with van der Waals surface area (Å²) >= 11 is 0. The fourth-order valence-electron chi connectivity index (χ4n) is 2.64. The summed E-state index contributed by atoms with van der Waals surface area (Å²) in [7, 11) is 4.50. The van der Waals surface area contributed by atoms with Gasteiger partial charge in [0.2, 0.25) is 5.75 Å². The Balaban J connectivity index is 2.33. The molecule has 0 bridgehead atoms. The molecule has 27 heavy (non-hydrogen) atoms. The Morgan fingerprint density at radius 1 is 1.04 bits per heavy atom. The molecular weight excluding hydrogens is 344 g/mol. The lowest BCUT2D eigenvalue weighted by Crippen LogP contribution is -2.27. The van der Waals surface area contributed by atoms with E-state index in [1.165, 1.54) is 27.4 Å². The van der Waals surface area contributed by atoms with Crippen molar-refractivity contribution in [2.24, 2.45) is 0 Å². The first-order valence-corrected chi connectivity index (χ1v) is 8.32. The predicted molar refractivity (Wildman–Crippen MR) is 103 cm³/mol. The maximum absolute atomic E-state index is 12.5. The van der Waals surface area contributed by atoms with E-state index in [1.54, 1.807) is 12.1 Å². The van der Waals surface area contributed by atoms with Crippen LogP contribution in [0, 0.1) is 11.3 Å². The van der Waals surface area contributed by atoms with Gasteiger partial charge in [0.05, 0.1) is 27.4 Å². The number of carbonyl (C=O) groups is 1. The topological polar surface area (TPSA) is 80.6 Å². The van der Waals surface area contributed by atoms with Crippen LogP contribution in [0.4, 0.5) is 0 Å². The van der Waals surface area contributed by atoms with E-state index >= 15 is 0 Å². The molecule has 0 aliphatic heterocycles. The smallest absolute Gasteiger partial charge is 0.262 e. The van der Waals surface area contributed by atoms with Gasteiger partial charge in [-0.3, -0.25) is 4.79 Å². The van der Waals surface area contributed by atoms with Gasteiger partial charge in [-0.2, -0.15) is 5.26 Å². The number of carbonyl (C=O) groups excluding carboxylic acids is 1. The second-order valence-electron chi connectivity index (χ2n) is 5.70. The maximum atomic E-state index is 12.5. The monoisotopic (exact) mass is 366 g/mol. The lowest BCUT2D eigenvalue weighted by Gasteiger charge is -2.15. The summed E-state index contributed by atoms with van der Waals surface area (Å²) in [5, 5.41) is 12.3. The molecule has 0 aliphatic rings. The number of benzene rings is 2. The van der Waals surface area contributed by atoms with Crippen molar-refractivity contribution in [2.45, 2.75) is 13.0 Å². The summed E-state index contributed by atoms with van der Waals surface area (Å²) in [5.41, 5.74) is 1.45. The number of nitrogens with zero attached hydrogens (tertiary/aromatic N) is 1. The Kier molecular flexibility index (Phi) is 6.84. The molecule has 0 heterocycles. The molecule has 6 nitrogen and oxygen atoms in total. The fourth-order valence-corrected chi connectivity index (χ4v) is 2.64. The Bertz CT molecular complexity index is 870. The van der Waals surface area contributed by atoms with Crippen molar-refractivity contribution in [3.05, 3.63) is 59.2 Å². The van der Waals surface area contributed by atoms with Crippen molar-refractivity contribution in [1.29, 1.82) is 5.26 Å². The predicted octanol–water partition coefficient (Wildman–Crippen LogP) is 3.50. The van der Waals surface area contributed by atoms with Gasteiger partial charge in [-0.25, -0.2) is 0 Å². The Labute approximate surface area is 159 Å². The zero-order valence-electron chi connectivity index (χ0n) is 15.8. The van der Waals surface area contributed by atoms with Crippen molar-refractivity contribution < 1.29 is 19.0 Å². The van der Waals surface area contributed by atoms with Crippen LogP contribution >= 0.6 is 0 Å². The minimum absolute atomic E-state index is 0.0386. The molecule has 0 spiro atoms. The van der Waals surface area contributed by atoms with Crippen LogP contribution in [0.25, 0.3) is 6.08 Å². The molecule has 0 radical (unpaired) electrons. The first kappa shape index (κ1) is 19.9. The standard InChI is InChI=1S/C21H22N2O4/c1-14(15-8-6-5-7-9-15)23-21(24)17(13-22)12-16-10-11-18(25-2)20(27-4)19(16)26-3/h5-12,14H,1-4H3,(H,23,24)/b17-12+/t14-/m0/s1. The molecule has 2 rings (SSSR count). The minimum Gasteiger partial charge on any atom is -0.493 e. The summed E-state index contributed by atoms with van der Waals surface area (Å²) < 4.78 is 16.0. The van der Waals surface area contributed by atoms with Crippen molar-refractivity contribution in [3.63, 3.8) is 0 Å². The normalized spacial score (nSPS) is 11.9. The second-order valence-corrected chi connectivity index (χ2v) is 5.70. The molecule has 0 saturated heterocycles. The molecule has 1 atom stereocenters. The lowest BCUT2D eigenvalue weighted by molar-refractivity contribution is -0.117.